The Hall–Kier alpha value is -3.68. The number of nitrogens with one attached hydrogen (secondary N) is 1. The molecule has 0 unspecified atom stereocenters. The lowest BCUT2D eigenvalue weighted by atomic mass is 10.1. The summed E-state index contributed by atoms with van der Waals surface area (Å²) < 4.78 is 39.7. The van der Waals surface area contributed by atoms with Crippen LogP contribution in [0.5, 0.6) is 0 Å². The number of aromatic nitrogens is 3. The second-order valence-electron chi connectivity index (χ2n) is 6.06. The van der Waals surface area contributed by atoms with E-state index in [1.165, 1.54) is 0 Å². The van der Waals surface area contributed by atoms with E-state index in [2.05, 4.69) is 15.3 Å². The molecule has 0 fully saturated rings. The Balaban J connectivity index is 1.55. The van der Waals surface area contributed by atoms with Crippen molar-refractivity contribution in [2.24, 2.45) is 0 Å². The first-order valence-corrected chi connectivity index (χ1v) is 8.29. The molecular weight excluding hydrogens is 369 g/mol. The molecule has 0 spiro atoms. The third-order valence-corrected chi connectivity index (χ3v) is 4.13. The molecule has 0 aliphatic rings. The first kappa shape index (κ1) is 17.7. The number of carbonyl (C=O) groups excluding carboxylic acids is 1. The summed E-state index contributed by atoms with van der Waals surface area (Å²) in [5.74, 6) is 0.0548. The van der Waals surface area contributed by atoms with Gasteiger partial charge in [0.05, 0.1) is 11.3 Å². The van der Waals surface area contributed by atoms with Crippen molar-refractivity contribution < 1.29 is 18.0 Å². The highest BCUT2D eigenvalue weighted by molar-refractivity contribution is 6.04. The van der Waals surface area contributed by atoms with Crippen LogP contribution < -0.4 is 5.32 Å². The van der Waals surface area contributed by atoms with Gasteiger partial charge >= 0.3 is 6.18 Å². The fourth-order valence-corrected chi connectivity index (χ4v) is 2.74. The standard InChI is InChI=1S/C20H13F3N4O/c21-20(22,23)15-7-5-13(6-8-15)18(28)25-16-4-1-3-14(11-16)17-12-27-10-2-9-24-19(27)26-17/h1-12H,(H,25,28). The van der Waals surface area contributed by atoms with E-state index in [0.717, 1.165) is 29.8 Å². The number of alkyl halides is 3. The van der Waals surface area contributed by atoms with E-state index in [0.29, 0.717) is 17.2 Å². The first-order chi connectivity index (χ1) is 13.4. The summed E-state index contributed by atoms with van der Waals surface area (Å²) in [7, 11) is 0. The van der Waals surface area contributed by atoms with Crippen molar-refractivity contribution in [3.8, 4) is 11.3 Å². The maximum absolute atomic E-state index is 12.6. The fraction of sp³-hybridized carbons (Fsp3) is 0.0500. The number of hydrogen-bond donors (Lipinski definition) is 1. The van der Waals surface area contributed by atoms with Gasteiger partial charge in [0.1, 0.15) is 0 Å². The second kappa shape index (κ2) is 6.80. The van der Waals surface area contributed by atoms with E-state index in [1.54, 1.807) is 34.9 Å². The topological polar surface area (TPSA) is 59.3 Å². The van der Waals surface area contributed by atoms with E-state index in [1.807, 2.05) is 18.5 Å². The molecule has 0 saturated heterocycles. The van der Waals surface area contributed by atoms with Gasteiger partial charge < -0.3 is 5.32 Å². The molecule has 0 aliphatic carbocycles. The lowest BCUT2D eigenvalue weighted by Crippen LogP contribution is -2.12. The Morgan fingerprint density at radius 3 is 2.54 bits per heavy atom. The number of anilines is 1. The Morgan fingerprint density at radius 1 is 1.04 bits per heavy atom. The van der Waals surface area contributed by atoms with Gasteiger partial charge in [-0.3, -0.25) is 9.20 Å². The highest BCUT2D eigenvalue weighted by Crippen LogP contribution is 2.29. The monoisotopic (exact) mass is 382 g/mol. The Labute approximate surface area is 157 Å². The van der Waals surface area contributed by atoms with E-state index in [-0.39, 0.29) is 5.56 Å². The normalized spacial score (nSPS) is 11.5. The van der Waals surface area contributed by atoms with Crippen LogP contribution in [0.2, 0.25) is 0 Å². The van der Waals surface area contributed by atoms with E-state index in [4.69, 9.17) is 0 Å². The Morgan fingerprint density at radius 2 is 1.82 bits per heavy atom. The number of halogens is 3. The number of benzene rings is 2. The number of hydrogen-bond acceptors (Lipinski definition) is 3. The molecule has 2 aromatic carbocycles. The van der Waals surface area contributed by atoms with Crippen LogP contribution in [0.15, 0.2) is 73.2 Å². The lowest BCUT2D eigenvalue weighted by Gasteiger charge is -2.09. The second-order valence-corrected chi connectivity index (χ2v) is 6.06. The molecule has 1 N–H and O–H groups in total. The van der Waals surface area contributed by atoms with Gasteiger partial charge in [-0.2, -0.15) is 13.2 Å². The predicted molar refractivity (Wildman–Crippen MR) is 97.8 cm³/mol. The summed E-state index contributed by atoms with van der Waals surface area (Å²) in [5, 5.41) is 2.69. The average molecular weight is 382 g/mol. The molecule has 0 bridgehead atoms. The smallest absolute Gasteiger partial charge is 0.322 e. The van der Waals surface area contributed by atoms with Crippen LogP contribution in [0.1, 0.15) is 15.9 Å². The average Bonchev–Trinajstić information content (AvgIpc) is 3.12. The molecule has 0 aliphatic heterocycles. The maximum atomic E-state index is 12.6. The minimum Gasteiger partial charge on any atom is -0.322 e. The summed E-state index contributed by atoms with van der Waals surface area (Å²) in [6.45, 7) is 0. The first-order valence-electron chi connectivity index (χ1n) is 8.29. The SMILES string of the molecule is O=C(Nc1cccc(-c2cn3cccnc3n2)c1)c1ccc(C(F)(F)F)cc1. The van der Waals surface area contributed by atoms with Crippen LogP contribution in [0.4, 0.5) is 18.9 Å². The number of imidazole rings is 1. The summed E-state index contributed by atoms with van der Waals surface area (Å²) >= 11 is 0. The third kappa shape index (κ3) is 3.57. The zero-order valence-electron chi connectivity index (χ0n) is 14.3. The number of amides is 1. The van der Waals surface area contributed by atoms with Crippen molar-refractivity contribution in [2.75, 3.05) is 5.32 Å². The van der Waals surface area contributed by atoms with Gasteiger partial charge in [0.15, 0.2) is 0 Å². The minimum atomic E-state index is -4.44. The number of carbonyl (C=O) groups is 1. The molecule has 4 rings (SSSR count). The molecule has 0 saturated carbocycles. The molecule has 4 aromatic rings. The quantitative estimate of drug-likeness (QED) is 0.560. The maximum Gasteiger partial charge on any atom is 0.416 e. The molecule has 2 aromatic heterocycles. The highest BCUT2D eigenvalue weighted by atomic mass is 19.4. The molecule has 140 valence electrons. The third-order valence-electron chi connectivity index (χ3n) is 4.13. The predicted octanol–water partition coefficient (Wildman–Crippen LogP) is 4.67. The van der Waals surface area contributed by atoms with Crippen LogP contribution in [-0.2, 0) is 6.18 Å². The zero-order chi connectivity index (χ0) is 19.7. The van der Waals surface area contributed by atoms with Crippen molar-refractivity contribution in [3.63, 3.8) is 0 Å². The Kier molecular flexibility index (Phi) is 4.31. The van der Waals surface area contributed by atoms with Crippen molar-refractivity contribution >= 4 is 17.4 Å². The molecule has 0 atom stereocenters. The molecule has 0 radical (unpaired) electrons. The molecule has 1 amide bonds. The van der Waals surface area contributed by atoms with Gasteiger partial charge in [-0.05, 0) is 42.5 Å². The summed E-state index contributed by atoms with van der Waals surface area (Å²) in [4.78, 5) is 20.9. The molecule has 8 heteroatoms. The molecular formula is C20H13F3N4O. The van der Waals surface area contributed by atoms with Crippen LogP contribution in [0, 0.1) is 0 Å². The van der Waals surface area contributed by atoms with Gasteiger partial charge in [-0.15, -0.1) is 0 Å². The number of fused-ring (bicyclic) bond motifs is 1. The molecule has 28 heavy (non-hydrogen) atoms. The van der Waals surface area contributed by atoms with Crippen LogP contribution >= 0.6 is 0 Å². The fourth-order valence-electron chi connectivity index (χ4n) is 2.74. The van der Waals surface area contributed by atoms with Gasteiger partial charge in [0, 0.05) is 35.4 Å². The largest absolute Gasteiger partial charge is 0.416 e. The van der Waals surface area contributed by atoms with Gasteiger partial charge in [0.2, 0.25) is 5.78 Å². The van der Waals surface area contributed by atoms with Gasteiger partial charge in [0.25, 0.3) is 5.91 Å². The summed E-state index contributed by atoms with van der Waals surface area (Å²) in [6.07, 6.45) is 0.854. The van der Waals surface area contributed by atoms with E-state index >= 15 is 0 Å². The van der Waals surface area contributed by atoms with Crippen molar-refractivity contribution in [3.05, 3.63) is 84.3 Å². The van der Waals surface area contributed by atoms with Crippen LogP contribution in [0.25, 0.3) is 17.0 Å². The van der Waals surface area contributed by atoms with Gasteiger partial charge in [-0.1, -0.05) is 12.1 Å². The Bertz CT molecular complexity index is 1120. The zero-order valence-corrected chi connectivity index (χ0v) is 14.3. The number of nitrogens with zero attached hydrogens (tertiary/aromatic N) is 3. The highest BCUT2D eigenvalue weighted by Gasteiger charge is 2.30. The van der Waals surface area contributed by atoms with Gasteiger partial charge in [-0.25, -0.2) is 9.97 Å². The molecule has 5 nitrogen and oxygen atoms in total. The number of rotatable bonds is 3. The summed E-state index contributed by atoms with van der Waals surface area (Å²) in [5.41, 5.74) is 1.30. The van der Waals surface area contributed by atoms with E-state index in [9.17, 15) is 18.0 Å². The van der Waals surface area contributed by atoms with Crippen molar-refractivity contribution in [1.82, 2.24) is 14.4 Å². The summed E-state index contributed by atoms with van der Waals surface area (Å²) in [6, 6.07) is 12.9. The van der Waals surface area contributed by atoms with Crippen LogP contribution in [-0.4, -0.2) is 20.3 Å². The molecule has 2 heterocycles. The van der Waals surface area contributed by atoms with Crippen molar-refractivity contribution in [1.29, 1.82) is 0 Å². The minimum absolute atomic E-state index is 0.135. The van der Waals surface area contributed by atoms with Crippen molar-refractivity contribution in [2.45, 2.75) is 6.18 Å². The van der Waals surface area contributed by atoms with Crippen LogP contribution in [0.3, 0.4) is 0 Å². The lowest BCUT2D eigenvalue weighted by molar-refractivity contribution is -0.137. The van der Waals surface area contributed by atoms with E-state index < -0.39 is 17.6 Å².